The van der Waals surface area contributed by atoms with E-state index in [4.69, 9.17) is 14.7 Å². The van der Waals surface area contributed by atoms with Crippen LogP contribution in [0, 0.1) is 11.3 Å². The van der Waals surface area contributed by atoms with Gasteiger partial charge in [0.2, 0.25) is 10.0 Å². The number of ether oxygens (including phenoxy) is 2. The number of nitrogens with one attached hydrogen (secondary N) is 2. The molecule has 1 atom stereocenters. The first-order valence-corrected chi connectivity index (χ1v) is 9.86. The molecule has 2 aromatic carbocycles. The molecule has 9 nitrogen and oxygen atoms in total. The van der Waals surface area contributed by atoms with Crippen LogP contribution in [0.5, 0.6) is 5.75 Å². The van der Waals surface area contributed by atoms with Crippen molar-refractivity contribution in [3.05, 3.63) is 54.1 Å². The highest BCUT2D eigenvalue weighted by atomic mass is 32.2. The molecule has 2 rings (SSSR count). The van der Waals surface area contributed by atoms with Gasteiger partial charge in [0.1, 0.15) is 11.8 Å². The number of sulfonamides is 1. The van der Waals surface area contributed by atoms with Crippen molar-refractivity contribution >= 4 is 27.6 Å². The topological polar surface area (TPSA) is 135 Å². The average Bonchev–Trinajstić information content (AvgIpc) is 2.71. The van der Waals surface area contributed by atoms with E-state index in [-0.39, 0.29) is 4.90 Å². The number of carbonyl (C=O) groups is 2. The molecule has 0 aromatic heterocycles. The quantitative estimate of drug-likeness (QED) is 0.620. The molecule has 2 aromatic rings. The number of nitrogens with zero attached hydrogens (tertiary/aromatic N) is 1. The highest BCUT2D eigenvalue weighted by Gasteiger charge is 2.23. The summed E-state index contributed by atoms with van der Waals surface area (Å²) in [4.78, 5) is 23.9. The molecule has 0 radical (unpaired) electrons. The van der Waals surface area contributed by atoms with Crippen LogP contribution in [0.1, 0.15) is 12.5 Å². The Balaban J connectivity index is 1.89. The molecule has 1 unspecified atom stereocenters. The van der Waals surface area contributed by atoms with Crippen molar-refractivity contribution in [1.82, 2.24) is 4.72 Å². The van der Waals surface area contributed by atoms with E-state index >= 15 is 0 Å². The molecule has 0 bridgehead atoms. The zero-order valence-corrected chi connectivity index (χ0v) is 16.5. The Morgan fingerprint density at radius 1 is 1.17 bits per heavy atom. The van der Waals surface area contributed by atoms with Gasteiger partial charge < -0.3 is 14.8 Å². The largest absolute Gasteiger partial charge is 0.497 e. The van der Waals surface area contributed by atoms with Crippen LogP contribution in [0.4, 0.5) is 5.69 Å². The summed E-state index contributed by atoms with van der Waals surface area (Å²) < 4.78 is 36.6. The van der Waals surface area contributed by atoms with Gasteiger partial charge >= 0.3 is 5.97 Å². The normalized spacial score (nSPS) is 11.8. The number of anilines is 1. The van der Waals surface area contributed by atoms with Crippen LogP contribution in [0.2, 0.25) is 0 Å². The average molecular weight is 417 g/mol. The maximum atomic E-state index is 12.3. The van der Waals surface area contributed by atoms with E-state index in [2.05, 4.69) is 10.0 Å². The van der Waals surface area contributed by atoms with Gasteiger partial charge in [0, 0.05) is 5.69 Å². The number of benzene rings is 2. The highest BCUT2D eigenvalue weighted by molar-refractivity contribution is 7.89. The van der Waals surface area contributed by atoms with Crippen molar-refractivity contribution < 1.29 is 27.5 Å². The minimum atomic E-state index is -3.96. The van der Waals surface area contributed by atoms with Gasteiger partial charge in [0.05, 0.1) is 23.6 Å². The molecule has 10 heteroatoms. The Hall–Kier alpha value is -3.42. The zero-order chi connectivity index (χ0) is 21.4. The molecule has 0 aliphatic heterocycles. The molecule has 0 aliphatic rings. The van der Waals surface area contributed by atoms with E-state index in [1.54, 1.807) is 18.2 Å². The number of esters is 1. The lowest BCUT2D eigenvalue weighted by atomic mass is 10.2. The van der Waals surface area contributed by atoms with Gasteiger partial charge in [-0.3, -0.25) is 9.59 Å². The number of amides is 1. The zero-order valence-electron chi connectivity index (χ0n) is 15.7. The molecule has 0 fully saturated rings. The van der Waals surface area contributed by atoms with E-state index in [9.17, 15) is 18.0 Å². The second kappa shape index (κ2) is 9.68. The van der Waals surface area contributed by atoms with E-state index in [0.717, 1.165) is 0 Å². The molecule has 1 amide bonds. The smallest absolute Gasteiger partial charge is 0.324 e. The molecule has 0 heterocycles. The van der Waals surface area contributed by atoms with Crippen LogP contribution in [0.25, 0.3) is 0 Å². The molecular formula is C19H19N3O6S. The Morgan fingerprint density at radius 3 is 2.48 bits per heavy atom. The van der Waals surface area contributed by atoms with Gasteiger partial charge in [-0.05, 0) is 49.4 Å². The summed E-state index contributed by atoms with van der Waals surface area (Å²) in [7, 11) is -2.51. The van der Waals surface area contributed by atoms with Gasteiger partial charge in [-0.15, -0.1) is 0 Å². The first kappa shape index (κ1) is 21.9. The monoisotopic (exact) mass is 417 g/mol. The fraction of sp³-hybridized carbons (Fsp3) is 0.211. The lowest BCUT2D eigenvalue weighted by Crippen LogP contribution is -2.40. The summed E-state index contributed by atoms with van der Waals surface area (Å²) in [6.45, 7) is 0.696. The molecule has 0 aliphatic carbocycles. The van der Waals surface area contributed by atoms with Gasteiger partial charge in [-0.1, -0.05) is 6.07 Å². The summed E-state index contributed by atoms with van der Waals surface area (Å²) in [5.41, 5.74) is 0.736. The first-order valence-electron chi connectivity index (χ1n) is 8.38. The van der Waals surface area contributed by atoms with Crippen LogP contribution < -0.4 is 14.8 Å². The Labute approximate surface area is 168 Å². The molecule has 152 valence electrons. The molecule has 0 saturated carbocycles. The van der Waals surface area contributed by atoms with Crippen molar-refractivity contribution in [2.24, 2.45) is 0 Å². The Bertz CT molecular complexity index is 1030. The second-order valence-electron chi connectivity index (χ2n) is 5.87. The summed E-state index contributed by atoms with van der Waals surface area (Å²) in [6, 6.07) is 12.6. The van der Waals surface area contributed by atoms with Crippen molar-refractivity contribution in [1.29, 1.82) is 5.26 Å². The van der Waals surface area contributed by atoms with E-state index in [1.165, 1.54) is 44.4 Å². The highest BCUT2D eigenvalue weighted by Crippen LogP contribution is 2.15. The van der Waals surface area contributed by atoms with Crippen LogP contribution in [-0.2, 0) is 24.3 Å². The van der Waals surface area contributed by atoms with Gasteiger partial charge in [0.15, 0.2) is 6.61 Å². The second-order valence-corrected chi connectivity index (χ2v) is 7.58. The summed E-state index contributed by atoms with van der Waals surface area (Å²) in [5.74, 6) is -1.05. The number of carbonyl (C=O) groups excluding carboxylic acids is 2. The molecule has 29 heavy (non-hydrogen) atoms. The lowest BCUT2D eigenvalue weighted by molar-refractivity contribution is -0.148. The molecule has 0 spiro atoms. The minimum Gasteiger partial charge on any atom is -0.497 e. The maximum Gasteiger partial charge on any atom is 0.324 e. The fourth-order valence-electron chi connectivity index (χ4n) is 2.23. The van der Waals surface area contributed by atoms with Crippen LogP contribution in [0.15, 0.2) is 53.4 Å². The number of nitriles is 1. The summed E-state index contributed by atoms with van der Waals surface area (Å²) in [6.07, 6.45) is 0. The third-order valence-electron chi connectivity index (χ3n) is 3.68. The minimum absolute atomic E-state index is 0.0481. The van der Waals surface area contributed by atoms with Crippen molar-refractivity contribution in [3.63, 3.8) is 0 Å². The predicted molar refractivity (Wildman–Crippen MR) is 104 cm³/mol. The number of rotatable bonds is 8. The maximum absolute atomic E-state index is 12.3. The predicted octanol–water partition coefficient (Wildman–Crippen LogP) is 1.42. The van der Waals surface area contributed by atoms with Gasteiger partial charge in [-0.2, -0.15) is 9.98 Å². The number of hydrogen-bond donors (Lipinski definition) is 2. The Kier molecular flexibility index (Phi) is 7.30. The first-order chi connectivity index (χ1) is 13.7. The standard InChI is InChI=1S/C19H19N3O6S/c1-13(22-29(25,26)17-8-6-16(27-2)7-9-17)19(24)28-12-18(23)21-15-5-3-4-14(10-15)11-20/h3-10,13,22H,12H2,1-2H3,(H,21,23). The van der Waals surface area contributed by atoms with Crippen LogP contribution in [-0.4, -0.2) is 40.1 Å². The summed E-state index contributed by atoms with van der Waals surface area (Å²) >= 11 is 0. The van der Waals surface area contributed by atoms with Crippen LogP contribution in [0.3, 0.4) is 0 Å². The van der Waals surface area contributed by atoms with Crippen LogP contribution >= 0.6 is 0 Å². The lowest BCUT2D eigenvalue weighted by Gasteiger charge is -2.14. The van der Waals surface area contributed by atoms with E-state index < -0.39 is 34.5 Å². The van der Waals surface area contributed by atoms with Gasteiger partial charge in [-0.25, -0.2) is 8.42 Å². The third kappa shape index (κ3) is 6.31. The fourth-order valence-corrected chi connectivity index (χ4v) is 3.42. The number of hydrogen-bond acceptors (Lipinski definition) is 7. The summed E-state index contributed by atoms with van der Waals surface area (Å²) in [5, 5.41) is 11.3. The van der Waals surface area contributed by atoms with Gasteiger partial charge in [0.25, 0.3) is 5.91 Å². The van der Waals surface area contributed by atoms with Crippen molar-refractivity contribution in [2.45, 2.75) is 17.9 Å². The third-order valence-corrected chi connectivity index (χ3v) is 5.23. The van der Waals surface area contributed by atoms with E-state index in [0.29, 0.717) is 17.0 Å². The van der Waals surface area contributed by atoms with E-state index in [1.807, 2.05) is 6.07 Å². The molecule has 0 saturated heterocycles. The SMILES string of the molecule is COc1ccc(S(=O)(=O)NC(C)C(=O)OCC(=O)Nc2cccc(C#N)c2)cc1. The molecule has 2 N–H and O–H groups in total. The van der Waals surface area contributed by atoms with Crippen molar-refractivity contribution in [3.8, 4) is 11.8 Å². The molecular weight excluding hydrogens is 398 g/mol. The Morgan fingerprint density at radius 2 is 1.86 bits per heavy atom. The number of methoxy groups -OCH3 is 1. The van der Waals surface area contributed by atoms with Crippen molar-refractivity contribution in [2.75, 3.05) is 19.0 Å².